The van der Waals surface area contributed by atoms with Gasteiger partial charge in [-0.3, -0.25) is 0 Å². The monoisotopic (exact) mass is 419 g/mol. The third-order valence-electron chi connectivity index (χ3n) is 6.60. The molecule has 1 saturated carbocycles. The van der Waals surface area contributed by atoms with Gasteiger partial charge in [-0.15, -0.1) is 0 Å². The molecule has 5 nitrogen and oxygen atoms in total. The average molecular weight is 420 g/mol. The van der Waals surface area contributed by atoms with Crippen LogP contribution in [-0.4, -0.2) is 66.6 Å². The van der Waals surface area contributed by atoms with Crippen molar-refractivity contribution in [3.63, 3.8) is 0 Å². The predicted molar refractivity (Wildman–Crippen MR) is 116 cm³/mol. The summed E-state index contributed by atoms with van der Waals surface area (Å²) < 4.78 is 5.79. The van der Waals surface area contributed by atoms with E-state index in [1.54, 1.807) is 0 Å². The van der Waals surface area contributed by atoms with Gasteiger partial charge in [0.25, 0.3) is 0 Å². The average Bonchev–Trinajstić information content (AvgIpc) is 3.44. The van der Waals surface area contributed by atoms with Gasteiger partial charge in [0.15, 0.2) is 0 Å². The minimum absolute atomic E-state index is 0.188. The number of halogens is 1. The maximum absolute atomic E-state index is 13.4. The van der Waals surface area contributed by atoms with Crippen LogP contribution in [0.5, 0.6) is 5.75 Å². The maximum Gasteiger partial charge on any atom is 0.320 e. The van der Waals surface area contributed by atoms with Crippen LogP contribution in [0, 0.1) is 11.3 Å². The SMILES string of the molecule is CC(C)COc1ccc(CN2CC3(CC3)CN(C3CCN(C)CC3)C2=O)c(Cl)c1. The molecule has 3 fully saturated rings. The van der Waals surface area contributed by atoms with Crippen LogP contribution in [0.4, 0.5) is 4.79 Å². The Labute approximate surface area is 179 Å². The first-order valence-electron chi connectivity index (χ1n) is 11.0. The van der Waals surface area contributed by atoms with E-state index in [1.165, 1.54) is 12.8 Å². The number of rotatable bonds is 6. The van der Waals surface area contributed by atoms with Gasteiger partial charge in [-0.1, -0.05) is 31.5 Å². The lowest BCUT2D eigenvalue weighted by Gasteiger charge is -2.46. The molecule has 3 aliphatic rings. The number of nitrogens with zero attached hydrogens (tertiary/aromatic N) is 3. The van der Waals surface area contributed by atoms with Crippen molar-refractivity contribution in [2.75, 3.05) is 39.8 Å². The lowest BCUT2D eigenvalue weighted by atomic mass is 9.97. The fourth-order valence-corrected chi connectivity index (χ4v) is 4.79. The molecule has 4 rings (SSSR count). The van der Waals surface area contributed by atoms with E-state index in [0.29, 0.717) is 35.5 Å². The number of benzene rings is 1. The molecule has 0 bridgehead atoms. The van der Waals surface area contributed by atoms with Gasteiger partial charge in [-0.05, 0) is 69.4 Å². The zero-order chi connectivity index (χ0) is 20.6. The highest BCUT2D eigenvalue weighted by molar-refractivity contribution is 6.31. The van der Waals surface area contributed by atoms with Gasteiger partial charge in [-0.2, -0.15) is 0 Å². The summed E-state index contributed by atoms with van der Waals surface area (Å²) in [6.07, 6.45) is 4.62. The zero-order valence-electron chi connectivity index (χ0n) is 18.0. The predicted octanol–water partition coefficient (Wildman–Crippen LogP) is 4.49. The number of piperidine rings is 1. The molecular weight excluding hydrogens is 386 g/mol. The van der Waals surface area contributed by atoms with Crippen LogP contribution in [0.3, 0.4) is 0 Å². The van der Waals surface area contributed by atoms with Crippen molar-refractivity contribution in [2.24, 2.45) is 11.3 Å². The highest BCUT2D eigenvalue weighted by Crippen LogP contribution is 2.50. The minimum atomic E-state index is 0.188. The Morgan fingerprint density at radius 1 is 1.21 bits per heavy atom. The van der Waals surface area contributed by atoms with Crippen molar-refractivity contribution in [1.29, 1.82) is 0 Å². The quantitative estimate of drug-likeness (QED) is 0.681. The number of amides is 2. The first-order chi connectivity index (χ1) is 13.8. The van der Waals surface area contributed by atoms with E-state index in [4.69, 9.17) is 16.3 Å². The molecule has 29 heavy (non-hydrogen) atoms. The first kappa shape index (κ1) is 20.8. The highest BCUT2D eigenvalue weighted by atomic mass is 35.5. The van der Waals surface area contributed by atoms with E-state index in [0.717, 1.165) is 50.3 Å². The molecule has 2 amide bonds. The Kier molecular flexibility index (Phi) is 5.99. The van der Waals surface area contributed by atoms with Crippen molar-refractivity contribution < 1.29 is 9.53 Å². The van der Waals surface area contributed by atoms with Crippen LogP contribution in [-0.2, 0) is 6.54 Å². The Morgan fingerprint density at radius 3 is 2.55 bits per heavy atom. The summed E-state index contributed by atoms with van der Waals surface area (Å²) in [6, 6.07) is 6.43. The number of urea groups is 1. The van der Waals surface area contributed by atoms with Crippen LogP contribution >= 0.6 is 11.6 Å². The topological polar surface area (TPSA) is 36.0 Å². The van der Waals surface area contributed by atoms with Crippen LogP contribution in [0.2, 0.25) is 5.02 Å². The van der Waals surface area contributed by atoms with Gasteiger partial charge in [0.1, 0.15) is 5.75 Å². The summed E-state index contributed by atoms with van der Waals surface area (Å²) in [5.74, 6) is 1.27. The molecule has 0 aromatic heterocycles. The second kappa shape index (κ2) is 8.35. The number of carbonyl (C=O) groups is 1. The molecule has 6 heteroatoms. The molecule has 2 saturated heterocycles. The number of likely N-dealkylation sites (tertiary alicyclic amines) is 1. The van der Waals surface area contributed by atoms with Crippen molar-refractivity contribution >= 4 is 17.6 Å². The lowest BCUT2D eigenvalue weighted by molar-refractivity contribution is 0.0522. The van der Waals surface area contributed by atoms with Gasteiger partial charge in [0.05, 0.1) is 6.61 Å². The first-order valence-corrected chi connectivity index (χ1v) is 11.4. The van der Waals surface area contributed by atoms with Crippen LogP contribution in [0.1, 0.15) is 45.1 Å². The second-order valence-electron chi connectivity index (χ2n) is 9.76. The smallest absolute Gasteiger partial charge is 0.320 e. The summed E-state index contributed by atoms with van der Waals surface area (Å²) >= 11 is 6.56. The maximum atomic E-state index is 13.4. The van der Waals surface area contributed by atoms with Gasteiger partial charge in [0, 0.05) is 36.1 Å². The third-order valence-corrected chi connectivity index (χ3v) is 6.96. The molecule has 160 valence electrons. The molecule has 2 aliphatic heterocycles. The Bertz CT molecular complexity index is 742. The highest BCUT2D eigenvalue weighted by Gasteiger charge is 2.52. The zero-order valence-corrected chi connectivity index (χ0v) is 18.7. The fraction of sp³-hybridized carbons (Fsp3) is 0.696. The van der Waals surface area contributed by atoms with E-state index in [2.05, 4.69) is 30.7 Å². The Hall–Kier alpha value is -1.46. The Balaban J connectivity index is 1.45. The molecule has 0 radical (unpaired) electrons. The number of ether oxygens (including phenoxy) is 1. The molecule has 1 aliphatic carbocycles. The molecule has 2 heterocycles. The molecule has 0 N–H and O–H groups in total. The van der Waals surface area contributed by atoms with Crippen molar-refractivity contribution in [2.45, 2.75) is 52.1 Å². The number of carbonyl (C=O) groups excluding carboxylic acids is 1. The van der Waals surface area contributed by atoms with E-state index in [9.17, 15) is 4.79 Å². The molecule has 1 spiro atoms. The normalized spacial score (nSPS) is 22.6. The van der Waals surface area contributed by atoms with E-state index < -0.39 is 0 Å². The molecule has 0 atom stereocenters. The third kappa shape index (κ3) is 4.83. The van der Waals surface area contributed by atoms with Gasteiger partial charge in [-0.25, -0.2) is 4.79 Å². The van der Waals surface area contributed by atoms with Gasteiger partial charge >= 0.3 is 6.03 Å². The molecule has 1 aromatic rings. The summed E-state index contributed by atoms with van der Waals surface area (Å²) in [5.41, 5.74) is 1.31. The van der Waals surface area contributed by atoms with Crippen molar-refractivity contribution in [3.05, 3.63) is 28.8 Å². The van der Waals surface area contributed by atoms with Crippen LogP contribution < -0.4 is 4.74 Å². The lowest BCUT2D eigenvalue weighted by Crippen LogP contribution is -2.58. The molecule has 1 aromatic carbocycles. The summed E-state index contributed by atoms with van der Waals surface area (Å²) in [4.78, 5) is 19.9. The van der Waals surface area contributed by atoms with E-state index in [1.807, 2.05) is 23.1 Å². The second-order valence-corrected chi connectivity index (χ2v) is 10.2. The number of hydrogen-bond acceptors (Lipinski definition) is 3. The van der Waals surface area contributed by atoms with Crippen LogP contribution in [0.25, 0.3) is 0 Å². The van der Waals surface area contributed by atoms with Gasteiger partial charge in [0.2, 0.25) is 0 Å². The molecule has 0 unspecified atom stereocenters. The minimum Gasteiger partial charge on any atom is -0.493 e. The Morgan fingerprint density at radius 2 is 1.93 bits per heavy atom. The standard InChI is InChI=1S/C23H34ClN3O2/c1-17(2)14-29-20-5-4-18(21(24)12-20)13-26-15-23(8-9-23)16-27(22(26)28)19-6-10-25(3)11-7-19/h4-5,12,17,19H,6-11,13-16H2,1-3H3. The molecular formula is C23H34ClN3O2. The number of hydrogen-bond donors (Lipinski definition) is 0. The summed E-state index contributed by atoms with van der Waals surface area (Å²) in [7, 11) is 2.17. The largest absolute Gasteiger partial charge is 0.493 e. The van der Waals surface area contributed by atoms with Crippen molar-refractivity contribution in [1.82, 2.24) is 14.7 Å². The van der Waals surface area contributed by atoms with Crippen LogP contribution in [0.15, 0.2) is 18.2 Å². The van der Waals surface area contributed by atoms with Gasteiger partial charge < -0.3 is 19.4 Å². The van der Waals surface area contributed by atoms with E-state index in [-0.39, 0.29) is 6.03 Å². The van der Waals surface area contributed by atoms with Crippen molar-refractivity contribution in [3.8, 4) is 5.75 Å². The van der Waals surface area contributed by atoms with E-state index >= 15 is 0 Å². The fourth-order valence-electron chi connectivity index (χ4n) is 4.56. The summed E-state index contributed by atoms with van der Waals surface area (Å²) in [6.45, 7) is 9.45. The summed E-state index contributed by atoms with van der Waals surface area (Å²) in [5, 5.41) is 0.681.